The predicted molar refractivity (Wildman–Crippen MR) is 95.8 cm³/mol. The molecule has 0 saturated carbocycles. The number of aromatic nitrogens is 3. The second-order valence-corrected chi connectivity index (χ2v) is 8.57. The molecule has 2 aromatic heterocycles. The molecule has 0 saturated heterocycles. The Morgan fingerprint density at radius 3 is 2.63 bits per heavy atom. The number of hydrogen-bond donors (Lipinski definition) is 0. The summed E-state index contributed by atoms with van der Waals surface area (Å²) in [7, 11) is -3.63. The van der Waals surface area contributed by atoms with Crippen molar-refractivity contribution in [1.29, 1.82) is 0 Å². The average Bonchev–Trinajstić information content (AvgIpc) is 3.29. The van der Waals surface area contributed by atoms with E-state index >= 15 is 0 Å². The number of nitrogens with zero attached hydrogens (tertiary/aromatic N) is 3. The third-order valence-corrected chi connectivity index (χ3v) is 6.09. The fraction of sp³-hybridized carbons (Fsp3) is 0.389. The third-order valence-electron chi connectivity index (χ3n) is 4.12. The highest BCUT2D eigenvalue weighted by molar-refractivity contribution is 7.90. The molecule has 3 aromatic rings. The lowest BCUT2D eigenvalue weighted by atomic mass is 10.2. The lowest BCUT2D eigenvalue weighted by Crippen LogP contribution is -2.13. The van der Waals surface area contributed by atoms with Gasteiger partial charge in [-0.25, -0.2) is 17.8 Å². The first-order valence-corrected chi connectivity index (χ1v) is 10.3. The maximum atomic E-state index is 13.0. The molecule has 1 unspecified atom stereocenters. The second-order valence-electron chi connectivity index (χ2n) is 6.25. The molecule has 0 aliphatic rings. The maximum absolute atomic E-state index is 13.0. The van der Waals surface area contributed by atoms with Gasteiger partial charge in [0.25, 0.3) is 0 Å². The molecule has 0 N–H and O–H groups in total. The van der Waals surface area contributed by atoms with Crippen LogP contribution in [0.3, 0.4) is 0 Å². The molecule has 1 aromatic carbocycles. The normalized spacial score (nSPS) is 13.0. The van der Waals surface area contributed by atoms with Gasteiger partial charge >= 0.3 is 0 Å². The van der Waals surface area contributed by atoms with Gasteiger partial charge in [-0.05, 0) is 37.6 Å². The van der Waals surface area contributed by atoms with Gasteiger partial charge in [0.05, 0.1) is 11.4 Å². The molecule has 0 amide bonds. The highest BCUT2D eigenvalue weighted by atomic mass is 32.2. The Balaban J connectivity index is 1.72. The Morgan fingerprint density at radius 1 is 1.19 bits per heavy atom. The largest absolute Gasteiger partial charge is 0.444 e. The van der Waals surface area contributed by atoms with Crippen LogP contribution in [0, 0.1) is 5.82 Å². The molecule has 0 spiro atoms. The van der Waals surface area contributed by atoms with E-state index < -0.39 is 15.1 Å². The first-order chi connectivity index (χ1) is 12.9. The number of halogens is 1. The van der Waals surface area contributed by atoms with Crippen LogP contribution >= 0.6 is 0 Å². The van der Waals surface area contributed by atoms with Crippen LogP contribution in [0.4, 0.5) is 4.39 Å². The summed E-state index contributed by atoms with van der Waals surface area (Å²) in [5, 5.41) is 2.88. The minimum absolute atomic E-state index is 0.0726. The zero-order chi connectivity index (χ0) is 19.4. The summed E-state index contributed by atoms with van der Waals surface area (Å²) in [6.45, 7) is 3.56. The van der Waals surface area contributed by atoms with Crippen LogP contribution in [0.5, 0.6) is 0 Å². The molecular weight excluding hydrogens is 373 g/mol. The van der Waals surface area contributed by atoms with Gasteiger partial charge in [-0.3, -0.25) is 0 Å². The topological polar surface area (TPSA) is 99.1 Å². The van der Waals surface area contributed by atoms with Gasteiger partial charge in [-0.2, -0.15) is 4.98 Å². The van der Waals surface area contributed by atoms with E-state index in [0.29, 0.717) is 17.8 Å². The number of aryl methyl sites for hydroxylation is 1. The van der Waals surface area contributed by atoms with E-state index in [4.69, 9.17) is 8.94 Å². The summed E-state index contributed by atoms with van der Waals surface area (Å²) in [6, 6.07) is 5.59. The van der Waals surface area contributed by atoms with E-state index in [2.05, 4.69) is 15.1 Å². The lowest BCUT2D eigenvalue weighted by Gasteiger charge is -2.06. The molecule has 0 bridgehead atoms. The average molecular weight is 393 g/mol. The fourth-order valence-electron chi connectivity index (χ4n) is 2.45. The van der Waals surface area contributed by atoms with Crippen molar-refractivity contribution in [3.8, 4) is 11.5 Å². The zero-order valence-electron chi connectivity index (χ0n) is 15.1. The number of oxazole rings is 1. The summed E-state index contributed by atoms with van der Waals surface area (Å²) in [5.74, 6) is 0.107. The molecule has 0 fully saturated rings. The van der Waals surface area contributed by atoms with Crippen LogP contribution < -0.4 is 0 Å². The van der Waals surface area contributed by atoms with Gasteiger partial charge in [-0.15, -0.1) is 0 Å². The van der Waals surface area contributed by atoms with E-state index in [0.717, 1.165) is 12.8 Å². The van der Waals surface area contributed by atoms with Crippen LogP contribution in [0.1, 0.15) is 49.3 Å². The Kier molecular flexibility index (Phi) is 5.69. The van der Waals surface area contributed by atoms with Crippen molar-refractivity contribution in [3.05, 3.63) is 53.8 Å². The molecule has 0 radical (unpaired) electrons. The molecule has 2 heterocycles. The highest BCUT2D eigenvalue weighted by Gasteiger charge is 2.29. The van der Waals surface area contributed by atoms with Gasteiger partial charge in [0.15, 0.2) is 15.7 Å². The number of sulfone groups is 1. The summed E-state index contributed by atoms with van der Waals surface area (Å²) in [5.41, 5.74) is 0.817. The molecule has 0 aliphatic heterocycles. The number of unbranched alkanes of at least 4 members (excludes halogenated alkanes) is 1. The quantitative estimate of drug-likeness (QED) is 0.572. The Labute approximate surface area is 156 Å². The van der Waals surface area contributed by atoms with Crippen LogP contribution in [0.15, 0.2) is 39.5 Å². The number of rotatable bonds is 8. The van der Waals surface area contributed by atoms with Crippen LogP contribution in [0.2, 0.25) is 0 Å². The van der Waals surface area contributed by atoms with Crippen molar-refractivity contribution in [2.75, 3.05) is 0 Å². The molecule has 0 aliphatic carbocycles. The van der Waals surface area contributed by atoms with Crippen molar-refractivity contribution >= 4 is 9.84 Å². The maximum Gasteiger partial charge on any atom is 0.244 e. The molecule has 9 heteroatoms. The van der Waals surface area contributed by atoms with Crippen LogP contribution in [-0.4, -0.2) is 23.5 Å². The molecule has 27 heavy (non-hydrogen) atoms. The van der Waals surface area contributed by atoms with Gasteiger partial charge in [-0.1, -0.05) is 18.5 Å². The third kappa shape index (κ3) is 4.60. The lowest BCUT2D eigenvalue weighted by molar-refractivity contribution is 0.370. The van der Waals surface area contributed by atoms with Crippen LogP contribution in [0.25, 0.3) is 11.5 Å². The molecule has 1 atom stereocenters. The SMILES string of the molecule is CCCCc1noc(C(C)S(=O)(=O)Cc2coc(-c3ccc(F)cc3)n2)n1. The Hall–Kier alpha value is -2.55. The Bertz CT molecular complexity index is 996. The van der Waals surface area contributed by atoms with E-state index in [1.165, 1.54) is 37.5 Å². The monoisotopic (exact) mass is 393 g/mol. The fourth-order valence-corrected chi connectivity index (χ4v) is 3.65. The smallest absolute Gasteiger partial charge is 0.244 e. The number of benzene rings is 1. The predicted octanol–water partition coefficient (Wildman–Crippen LogP) is 3.88. The minimum atomic E-state index is -3.63. The second kappa shape index (κ2) is 7.99. The summed E-state index contributed by atoms with van der Waals surface area (Å²) in [4.78, 5) is 8.36. The van der Waals surface area contributed by atoms with Gasteiger partial charge in [0, 0.05) is 12.0 Å². The number of hydrogen-bond acceptors (Lipinski definition) is 7. The van der Waals surface area contributed by atoms with Gasteiger partial charge < -0.3 is 8.94 Å². The van der Waals surface area contributed by atoms with E-state index in [-0.39, 0.29) is 29.0 Å². The van der Waals surface area contributed by atoms with Crippen molar-refractivity contribution in [2.24, 2.45) is 0 Å². The first-order valence-electron chi connectivity index (χ1n) is 8.63. The minimum Gasteiger partial charge on any atom is -0.444 e. The highest BCUT2D eigenvalue weighted by Crippen LogP contribution is 2.26. The molecular formula is C18H20FN3O4S. The molecule has 3 rings (SSSR count). The summed E-state index contributed by atoms with van der Waals surface area (Å²) >= 11 is 0. The Morgan fingerprint density at radius 2 is 1.93 bits per heavy atom. The van der Waals surface area contributed by atoms with Crippen LogP contribution in [-0.2, 0) is 22.0 Å². The van der Waals surface area contributed by atoms with Crippen molar-refractivity contribution in [1.82, 2.24) is 15.1 Å². The standard InChI is InChI=1S/C18H20FN3O4S/c1-3-4-5-16-21-17(26-22-16)12(2)27(23,24)11-15-10-25-18(20-15)13-6-8-14(19)9-7-13/h6-10,12H,3-5,11H2,1-2H3. The van der Waals surface area contributed by atoms with E-state index in [9.17, 15) is 12.8 Å². The summed E-state index contributed by atoms with van der Waals surface area (Å²) in [6.07, 6.45) is 3.83. The summed E-state index contributed by atoms with van der Waals surface area (Å²) < 4.78 is 48.7. The molecule has 7 nitrogen and oxygen atoms in total. The molecule has 144 valence electrons. The van der Waals surface area contributed by atoms with Gasteiger partial charge in [0.2, 0.25) is 11.8 Å². The van der Waals surface area contributed by atoms with E-state index in [1.807, 2.05) is 6.92 Å². The van der Waals surface area contributed by atoms with Crippen molar-refractivity contribution in [2.45, 2.75) is 44.1 Å². The zero-order valence-corrected chi connectivity index (χ0v) is 15.9. The van der Waals surface area contributed by atoms with Crippen molar-refractivity contribution in [3.63, 3.8) is 0 Å². The van der Waals surface area contributed by atoms with Crippen molar-refractivity contribution < 1.29 is 21.7 Å². The first kappa shape index (κ1) is 19.2. The van der Waals surface area contributed by atoms with E-state index in [1.54, 1.807) is 0 Å². The van der Waals surface area contributed by atoms with Gasteiger partial charge in [0.1, 0.15) is 17.3 Å².